The molecular weight excluding hydrogens is 520 g/mol. The molecule has 5 heterocycles. The molecule has 192 valence electrons. The molecule has 0 saturated carbocycles. The van der Waals surface area contributed by atoms with E-state index in [-0.39, 0.29) is 12.5 Å². The number of imidazole rings is 1. The normalized spacial score (nSPS) is 18.5. The van der Waals surface area contributed by atoms with Gasteiger partial charge in [0, 0.05) is 36.4 Å². The van der Waals surface area contributed by atoms with Crippen LogP contribution < -0.4 is 4.74 Å². The van der Waals surface area contributed by atoms with E-state index in [0.29, 0.717) is 65.5 Å². The molecule has 6 rings (SSSR count). The summed E-state index contributed by atoms with van der Waals surface area (Å²) in [6.07, 6.45) is 2.33. The molecule has 9 nitrogen and oxygen atoms in total. The Morgan fingerprint density at radius 1 is 1.27 bits per heavy atom. The number of hydrogen-bond acceptors (Lipinski definition) is 6. The Morgan fingerprint density at radius 2 is 2.08 bits per heavy atom. The highest BCUT2D eigenvalue weighted by atomic mass is 35.5. The van der Waals surface area contributed by atoms with Gasteiger partial charge in [0.25, 0.3) is 0 Å². The van der Waals surface area contributed by atoms with Crippen LogP contribution in [0.25, 0.3) is 22.4 Å². The highest BCUT2D eigenvalue weighted by Gasteiger charge is 2.31. The molecule has 2 N–H and O–H groups in total. The fraction of sp³-hybridized carbons (Fsp3) is 0.360. The minimum Gasteiger partial charge on any atom is -0.486 e. The first-order chi connectivity index (χ1) is 17.9. The lowest BCUT2D eigenvalue weighted by molar-refractivity contribution is -0.132. The van der Waals surface area contributed by atoms with Crippen molar-refractivity contribution in [2.75, 3.05) is 19.6 Å². The first kappa shape index (κ1) is 24.1. The van der Waals surface area contributed by atoms with E-state index >= 15 is 0 Å². The molecule has 2 aliphatic heterocycles. The number of carbonyl (C=O) groups excluding carboxylic acids is 1. The number of benzene rings is 1. The molecular formula is C25H24Cl2FN7O2. The summed E-state index contributed by atoms with van der Waals surface area (Å²) in [7, 11) is 0. The Bertz CT molecular complexity index is 1450. The third-order valence-electron chi connectivity index (χ3n) is 6.85. The highest BCUT2D eigenvalue weighted by molar-refractivity contribution is 6.35. The molecule has 0 bridgehead atoms. The third-order valence-corrected chi connectivity index (χ3v) is 7.45. The number of rotatable bonds is 6. The zero-order valence-corrected chi connectivity index (χ0v) is 21.5. The Kier molecular flexibility index (Phi) is 6.26. The minimum atomic E-state index is -0.840. The number of nitrogens with one attached hydrogen (secondary N) is 2. The first-order valence-electron chi connectivity index (χ1n) is 12.0. The number of H-pyrrole nitrogens is 2. The second kappa shape index (κ2) is 9.59. The van der Waals surface area contributed by atoms with Crippen molar-refractivity contribution < 1.29 is 13.9 Å². The molecule has 1 amide bonds. The lowest BCUT2D eigenvalue weighted by atomic mass is 10.1. The summed E-state index contributed by atoms with van der Waals surface area (Å²) < 4.78 is 19.6. The largest absolute Gasteiger partial charge is 0.486 e. The molecule has 1 unspecified atom stereocenters. The number of aromatic nitrogens is 5. The number of halogens is 3. The average molecular weight is 544 g/mol. The van der Waals surface area contributed by atoms with Gasteiger partial charge in [0.2, 0.25) is 5.91 Å². The van der Waals surface area contributed by atoms with E-state index in [1.807, 2.05) is 30.0 Å². The van der Waals surface area contributed by atoms with E-state index in [2.05, 4.69) is 20.2 Å². The third kappa shape index (κ3) is 4.65. The lowest BCUT2D eigenvalue weighted by Gasteiger charge is -2.20. The highest BCUT2D eigenvalue weighted by Crippen LogP contribution is 2.35. The maximum atomic E-state index is 13.4. The summed E-state index contributed by atoms with van der Waals surface area (Å²) in [6, 6.07) is 5.63. The van der Waals surface area contributed by atoms with Gasteiger partial charge in [0.1, 0.15) is 23.7 Å². The summed E-state index contributed by atoms with van der Waals surface area (Å²) >= 11 is 12.6. The standard InChI is InChI=1S/C25H24Cl2FN7O2/c1-13(23-17(26)7-29-8-18(23)27)37-15-2-3-19-16(6-15)24(33-32-19)25-30-20-10-35(11-21(20)31-25)22(36)12-34-5-4-14(28)9-34/h2-3,6-8,13-14H,4-5,9-12H2,1H3,(H,30,31)(H,32,33)/t13-,14?/m1/s1. The van der Waals surface area contributed by atoms with Crippen molar-refractivity contribution in [1.29, 1.82) is 0 Å². The van der Waals surface area contributed by atoms with E-state index < -0.39 is 12.3 Å². The van der Waals surface area contributed by atoms with E-state index in [1.165, 1.54) is 12.4 Å². The van der Waals surface area contributed by atoms with Gasteiger partial charge in [-0.2, -0.15) is 5.10 Å². The monoisotopic (exact) mass is 543 g/mol. The number of nitrogens with zero attached hydrogens (tertiary/aromatic N) is 5. The van der Waals surface area contributed by atoms with Crippen molar-refractivity contribution >= 4 is 40.0 Å². The number of alkyl halides is 1. The number of amides is 1. The average Bonchev–Trinajstić information content (AvgIpc) is 3.62. The minimum absolute atomic E-state index is 0.0161. The van der Waals surface area contributed by atoms with Gasteiger partial charge in [0.15, 0.2) is 5.82 Å². The predicted molar refractivity (Wildman–Crippen MR) is 137 cm³/mol. The van der Waals surface area contributed by atoms with Crippen molar-refractivity contribution in [1.82, 2.24) is 34.9 Å². The zero-order valence-electron chi connectivity index (χ0n) is 20.0. The van der Waals surface area contributed by atoms with Crippen LogP contribution in [0.3, 0.4) is 0 Å². The van der Waals surface area contributed by atoms with Crippen LogP contribution in [-0.4, -0.2) is 66.7 Å². The number of fused-ring (bicyclic) bond motifs is 2. The van der Waals surface area contributed by atoms with Crippen LogP contribution >= 0.6 is 23.2 Å². The van der Waals surface area contributed by atoms with E-state index in [9.17, 15) is 9.18 Å². The molecule has 12 heteroatoms. The summed E-state index contributed by atoms with van der Waals surface area (Å²) in [5, 5.41) is 9.22. The van der Waals surface area contributed by atoms with Crippen LogP contribution in [0.2, 0.25) is 10.0 Å². The van der Waals surface area contributed by atoms with Crippen molar-refractivity contribution in [2.24, 2.45) is 0 Å². The van der Waals surface area contributed by atoms with Gasteiger partial charge in [-0.3, -0.25) is 19.8 Å². The molecule has 1 aromatic carbocycles. The molecule has 1 saturated heterocycles. The fourth-order valence-corrected chi connectivity index (χ4v) is 5.63. The van der Waals surface area contributed by atoms with Gasteiger partial charge in [-0.1, -0.05) is 23.2 Å². The molecule has 1 fully saturated rings. The van der Waals surface area contributed by atoms with Crippen molar-refractivity contribution in [2.45, 2.75) is 38.7 Å². The SMILES string of the molecule is C[C@@H](Oc1ccc2[nH]nc(-c3nc4c([nH]3)CN(C(=O)CN3CCC(F)C3)C4)c2c1)c1c(Cl)cncc1Cl. The Labute approximate surface area is 221 Å². The predicted octanol–water partition coefficient (Wildman–Crippen LogP) is 4.68. The van der Waals surface area contributed by atoms with Crippen LogP contribution in [0.15, 0.2) is 30.6 Å². The summed E-state index contributed by atoms with van der Waals surface area (Å²) in [4.78, 5) is 28.4. The molecule has 37 heavy (non-hydrogen) atoms. The van der Waals surface area contributed by atoms with Crippen LogP contribution in [0.5, 0.6) is 5.75 Å². The van der Waals surface area contributed by atoms with Gasteiger partial charge in [-0.25, -0.2) is 9.37 Å². The van der Waals surface area contributed by atoms with Crippen LogP contribution in [0, 0.1) is 0 Å². The number of pyridine rings is 1. The summed E-state index contributed by atoms with van der Waals surface area (Å²) in [5.74, 6) is 1.23. The Hall–Kier alpha value is -3.21. The quantitative estimate of drug-likeness (QED) is 0.366. The molecule has 0 spiro atoms. The van der Waals surface area contributed by atoms with Crippen LogP contribution in [0.4, 0.5) is 4.39 Å². The second-order valence-corrected chi connectivity index (χ2v) is 10.3. The summed E-state index contributed by atoms with van der Waals surface area (Å²) in [6.45, 7) is 3.91. The number of hydrogen-bond donors (Lipinski definition) is 2. The number of carbonyl (C=O) groups is 1. The molecule has 0 aliphatic carbocycles. The number of likely N-dealkylation sites (tertiary alicyclic amines) is 1. The van der Waals surface area contributed by atoms with Crippen molar-refractivity contribution in [3.63, 3.8) is 0 Å². The van der Waals surface area contributed by atoms with Crippen molar-refractivity contribution in [3.8, 4) is 17.3 Å². The first-order valence-corrected chi connectivity index (χ1v) is 12.8. The lowest BCUT2D eigenvalue weighted by Crippen LogP contribution is -2.37. The molecule has 3 aromatic heterocycles. The van der Waals surface area contributed by atoms with Crippen LogP contribution in [0.1, 0.15) is 36.4 Å². The maximum Gasteiger partial charge on any atom is 0.237 e. The van der Waals surface area contributed by atoms with Gasteiger partial charge in [0.05, 0.1) is 46.6 Å². The number of aromatic amines is 2. The summed E-state index contributed by atoms with van der Waals surface area (Å²) in [5.41, 5.74) is 3.85. The van der Waals surface area contributed by atoms with E-state index in [1.54, 1.807) is 4.90 Å². The molecule has 4 aromatic rings. The molecule has 2 atom stereocenters. The second-order valence-electron chi connectivity index (χ2n) is 9.44. The van der Waals surface area contributed by atoms with Gasteiger partial charge in [-0.05, 0) is 31.5 Å². The maximum absolute atomic E-state index is 13.4. The van der Waals surface area contributed by atoms with Crippen molar-refractivity contribution in [3.05, 3.63) is 57.6 Å². The number of ether oxygens (including phenoxy) is 1. The smallest absolute Gasteiger partial charge is 0.237 e. The van der Waals surface area contributed by atoms with Crippen LogP contribution in [-0.2, 0) is 17.9 Å². The van der Waals surface area contributed by atoms with E-state index in [4.69, 9.17) is 32.9 Å². The van der Waals surface area contributed by atoms with Gasteiger partial charge in [-0.15, -0.1) is 0 Å². The Balaban J connectivity index is 1.19. The zero-order chi connectivity index (χ0) is 25.7. The molecule has 0 radical (unpaired) electrons. The Morgan fingerprint density at radius 3 is 2.81 bits per heavy atom. The van der Waals surface area contributed by atoms with Gasteiger partial charge < -0.3 is 14.6 Å². The topological polar surface area (TPSA) is 103 Å². The van der Waals surface area contributed by atoms with Gasteiger partial charge >= 0.3 is 0 Å². The van der Waals surface area contributed by atoms with E-state index in [0.717, 1.165) is 22.3 Å². The molecule has 2 aliphatic rings. The fourth-order valence-electron chi connectivity index (χ4n) is 4.96.